The van der Waals surface area contributed by atoms with Crippen LogP contribution in [0.5, 0.6) is 0 Å². The zero-order chi connectivity index (χ0) is 21.4. The van der Waals surface area contributed by atoms with Gasteiger partial charge in [-0.3, -0.25) is 4.79 Å². The van der Waals surface area contributed by atoms with Crippen LogP contribution in [0.15, 0.2) is 57.4 Å². The van der Waals surface area contributed by atoms with E-state index >= 15 is 0 Å². The summed E-state index contributed by atoms with van der Waals surface area (Å²) in [5, 5.41) is 4.54. The molecule has 1 amide bonds. The lowest BCUT2D eigenvalue weighted by atomic mass is 10.0. The van der Waals surface area contributed by atoms with E-state index in [0.717, 1.165) is 20.3 Å². The number of halogens is 2. The molecule has 0 bridgehead atoms. The molecule has 30 heavy (non-hydrogen) atoms. The number of furan rings is 1. The Balaban J connectivity index is 1.75. The first-order chi connectivity index (χ1) is 14.4. The van der Waals surface area contributed by atoms with Crippen LogP contribution in [0.3, 0.4) is 0 Å². The zero-order valence-corrected chi connectivity index (χ0v) is 19.1. The standard InChI is InChI=1S/C22H15BrClNO4S/c1-11-18(12-4-3-5-15(24)9-12)19(22(27)28-2)21(30-11)25-20(26)17-10-13-8-14(23)6-7-16(13)29-17/h3-10H,1-2H3,(H,25,26). The van der Waals surface area contributed by atoms with E-state index in [2.05, 4.69) is 21.2 Å². The van der Waals surface area contributed by atoms with Crippen molar-refractivity contribution in [1.29, 1.82) is 0 Å². The van der Waals surface area contributed by atoms with Gasteiger partial charge in [0.05, 0.1) is 7.11 Å². The van der Waals surface area contributed by atoms with E-state index < -0.39 is 11.9 Å². The minimum Gasteiger partial charge on any atom is -0.465 e. The lowest BCUT2D eigenvalue weighted by Gasteiger charge is -2.08. The predicted octanol–water partition coefficient (Wildman–Crippen LogP) is 6.92. The number of aryl methyl sites for hydroxylation is 1. The predicted molar refractivity (Wildman–Crippen MR) is 123 cm³/mol. The molecule has 0 saturated carbocycles. The van der Waals surface area contributed by atoms with Crippen LogP contribution >= 0.6 is 38.9 Å². The van der Waals surface area contributed by atoms with E-state index in [1.165, 1.54) is 18.4 Å². The Morgan fingerprint density at radius 1 is 1.17 bits per heavy atom. The van der Waals surface area contributed by atoms with Gasteiger partial charge in [-0.1, -0.05) is 39.7 Å². The maximum Gasteiger partial charge on any atom is 0.341 e. The van der Waals surface area contributed by atoms with Crippen LogP contribution < -0.4 is 5.32 Å². The fourth-order valence-corrected chi connectivity index (χ4v) is 4.84. The maximum atomic E-state index is 12.9. The van der Waals surface area contributed by atoms with E-state index in [0.29, 0.717) is 21.2 Å². The second-order valence-corrected chi connectivity index (χ2v) is 9.06. The van der Waals surface area contributed by atoms with Gasteiger partial charge in [-0.2, -0.15) is 0 Å². The van der Waals surface area contributed by atoms with E-state index in [4.69, 9.17) is 20.8 Å². The monoisotopic (exact) mass is 503 g/mol. The van der Waals surface area contributed by atoms with Crippen molar-refractivity contribution in [3.05, 3.63) is 74.2 Å². The lowest BCUT2D eigenvalue weighted by Crippen LogP contribution is -2.13. The number of anilines is 1. The largest absolute Gasteiger partial charge is 0.465 e. The number of carbonyl (C=O) groups is 2. The van der Waals surface area contributed by atoms with E-state index in [1.807, 2.05) is 25.1 Å². The molecule has 0 fully saturated rings. The molecule has 4 rings (SSSR count). The van der Waals surface area contributed by atoms with Gasteiger partial charge >= 0.3 is 5.97 Å². The highest BCUT2D eigenvalue weighted by atomic mass is 79.9. The number of amides is 1. The number of benzene rings is 2. The Hall–Kier alpha value is -2.61. The first-order valence-electron chi connectivity index (χ1n) is 8.85. The van der Waals surface area contributed by atoms with Crippen LogP contribution in [0.4, 0.5) is 5.00 Å². The van der Waals surface area contributed by atoms with Crippen molar-refractivity contribution in [3.63, 3.8) is 0 Å². The van der Waals surface area contributed by atoms with Gasteiger partial charge in [0.25, 0.3) is 5.91 Å². The topological polar surface area (TPSA) is 68.5 Å². The van der Waals surface area contributed by atoms with E-state index in [1.54, 1.807) is 30.3 Å². The molecule has 0 saturated heterocycles. The van der Waals surface area contributed by atoms with Crippen molar-refractivity contribution in [1.82, 2.24) is 0 Å². The second-order valence-electron chi connectivity index (χ2n) is 6.49. The molecule has 0 spiro atoms. The molecule has 0 aliphatic heterocycles. The number of ether oxygens (including phenoxy) is 1. The van der Waals surface area contributed by atoms with Crippen molar-refractivity contribution in [2.24, 2.45) is 0 Å². The van der Waals surface area contributed by atoms with Crippen LogP contribution in [0, 0.1) is 6.92 Å². The summed E-state index contributed by atoms with van der Waals surface area (Å²) >= 11 is 10.8. The van der Waals surface area contributed by atoms with E-state index in [-0.39, 0.29) is 11.3 Å². The van der Waals surface area contributed by atoms with Crippen molar-refractivity contribution in [2.75, 3.05) is 12.4 Å². The number of nitrogens with one attached hydrogen (secondary N) is 1. The molecule has 8 heteroatoms. The van der Waals surface area contributed by atoms with Gasteiger partial charge in [-0.05, 0) is 48.9 Å². The molecule has 152 valence electrons. The van der Waals surface area contributed by atoms with Gasteiger partial charge in [-0.25, -0.2) is 4.79 Å². The van der Waals surface area contributed by atoms with Gasteiger partial charge in [-0.15, -0.1) is 11.3 Å². The minimum atomic E-state index is -0.543. The summed E-state index contributed by atoms with van der Waals surface area (Å²) in [5.41, 5.74) is 2.33. The summed E-state index contributed by atoms with van der Waals surface area (Å²) in [7, 11) is 1.31. The Morgan fingerprint density at radius 2 is 1.97 bits per heavy atom. The molecular weight excluding hydrogens is 490 g/mol. The smallest absolute Gasteiger partial charge is 0.341 e. The highest BCUT2D eigenvalue weighted by molar-refractivity contribution is 9.10. The molecule has 2 aromatic heterocycles. The van der Waals surface area contributed by atoms with Crippen LogP contribution in [0.2, 0.25) is 5.02 Å². The lowest BCUT2D eigenvalue weighted by molar-refractivity contribution is 0.0603. The van der Waals surface area contributed by atoms with Gasteiger partial charge in [0.15, 0.2) is 5.76 Å². The summed E-state index contributed by atoms with van der Waals surface area (Å²) in [6.45, 7) is 1.88. The molecule has 5 nitrogen and oxygen atoms in total. The van der Waals surface area contributed by atoms with Crippen LogP contribution in [-0.4, -0.2) is 19.0 Å². The SMILES string of the molecule is COC(=O)c1c(NC(=O)c2cc3cc(Br)ccc3o2)sc(C)c1-c1cccc(Cl)c1. The number of methoxy groups -OCH3 is 1. The number of fused-ring (bicyclic) bond motifs is 1. The summed E-state index contributed by atoms with van der Waals surface area (Å²) in [6, 6.07) is 14.3. The normalized spacial score (nSPS) is 10.9. The van der Waals surface area contributed by atoms with Gasteiger partial charge in [0.1, 0.15) is 16.1 Å². The summed E-state index contributed by atoms with van der Waals surface area (Å²) in [5.74, 6) is -0.848. The third-order valence-electron chi connectivity index (χ3n) is 4.52. The molecule has 2 aromatic carbocycles. The Morgan fingerprint density at radius 3 is 2.70 bits per heavy atom. The first-order valence-corrected chi connectivity index (χ1v) is 10.8. The van der Waals surface area contributed by atoms with Crippen molar-refractivity contribution in [2.45, 2.75) is 6.92 Å². The number of hydrogen-bond acceptors (Lipinski definition) is 5. The molecule has 1 N–H and O–H groups in total. The molecule has 0 radical (unpaired) electrons. The molecule has 4 aromatic rings. The number of carbonyl (C=O) groups excluding carboxylic acids is 2. The average Bonchev–Trinajstić information content (AvgIpc) is 3.27. The van der Waals surface area contributed by atoms with E-state index in [9.17, 15) is 9.59 Å². The van der Waals surface area contributed by atoms with Gasteiger partial charge in [0, 0.05) is 25.3 Å². The molecule has 0 atom stereocenters. The Labute approximate surface area is 189 Å². The van der Waals surface area contributed by atoms with Crippen LogP contribution in [0.25, 0.3) is 22.1 Å². The third-order valence-corrected chi connectivity index (χ3v) is 6.27. The zero-order valence-electron chi connectivity index (χ0n) is 15.9. The highest BCUT2D eigenvalue weighted by Crippen LogP contribution is 2.41. The number of rotatable bonds is 4. The highest BCUT2D eigenvalue weighted by Gasteiger charge is 2.26. The second kappa shape index (κ2) is 8.26. The van der Waals surface area contributed by atoms with Gasteiger partial charge in [0.2, 0.25) is 0 Å². The molecule has 2 heterocycles. The quantitative estimate of drug-likeness (QED) is 0.306. The van der Waals surface area contributed by atoms with Crippen molar-refractivity contribution in [3.8, 4) is 11.1 Å². The molecule has 0 aliphatic carbocycles. The van der Waals surface area contributed by atoms with Crippen LogP contribution in [0.1, 0.15) is 25.8 Å². The summed E-state index contributed by atoms with van der Waals surface area (Å²) in [6.07, 6.45) is 0. The summed E-state index contributed by atoms with van der Waals surface area (Å²) < 4.78 is 11.5. The van der Waals surface area contributed by atoms with Gasteiger partial charge < -0.3 is 14.5 Å². The number of hydrogen-bond donors (Lipinski definition) is 1. The number of esters is 1. The molecular formula is C22H15BrClNO4S. The fourth-order valence-electron chi connectivity index (χ4n) is 3.21. The molecule has 0 unspecified atom stereocenters. The van der Waals surface area contributed by atoms with Crippen LogP contribution in [-0.2, 0) is 4.74 Å². The van der Waals surface area contributed by atoms with Crippen molar-refractivity contribution < 1.29 is 18.7 Å². The van der Waals surface area contributed by atoms with Crippen molar-refractivity contribution >= 4 is 66.7 Å². The minimum absolute atomic E-state index is 0.147. The summed E-state index contributed by atoms with van der Waals surface area (Å²) in [4.78, 5) is 26.3. The molecule has 0 aliphatic rings. The fraction of sp³-hybridized carbons (Fsp3) is 0.0909. The third kappa shape index (κ3) is 3.88. The maximum absolute atomic E-state index is 12.9. The Bertz CT molecular complexity index is 1290. The first kappa shape index (κ1) is 20.7. The Kier molecular flexibility index (Phi) is 5.69. The average molecular weight is 505 g/mol. The number of thiophene rings is 1.